The van der Waals surface area contributed by atoms with Crippen LogP contribution in [0.3, 0.4) is 0 Å². The van der Waals surface area contributed by atoms with Crippen molar-refractivity contribution in [3.05, 3.63) is 28.2 Å². The molecule has 4 nitrogen and oxygen atoms in total. The molecule has 0 aliphatic heterocycles. The first-order chi connectivity index (χ1) is 8.02. The number of hydrogen-bond acceptors (Lipinski definition) is 2. The molecule has 1 rings (SSSR count). The maximum Gasteiger partial charge on any atom is 0.303 e. The van der Waals surface area contributed by atoms with Gasteiger partial charge in [0.15, 0.2) is 0 Å². The number of hydrogen-bond donors (Lipinski definition) is 2. The van der Waals surface area contributed by atoms with Gasteiger partial charge in [-0.05, 0) is 40.0 Å². The molecule has 0 heterocycles. The van der Waals surface area contributed by atoms with Crippen molar-refractivity contribution in [1.29, 1.82) is 0 Å². The molecule has 0 aromatic heterocycles. The normalized spacial score (nSPS) is 10.0. The Morgan fingerprint density at radius 1 is 1.35 bits per heavy atom. The quantitative estimate of drug-likeness (QED) is 0.878. The summed E-state index contributed by atoms with van der Waals surface area (Å²) in [5, 5.41) is 11.1. The third kappa shape index (κ3) is 4.56. The van der Waals surface area contributed by atoms with Gasteiger partial charge in [0.2, 0.25) is 5.91 Å². The predicted molar refractivity (Wildman–Crippen MR) is 69.0 cm³/mol. The molecule has 92 valence electrons. The maximum atomic E-state index is 11.4. The maximum absolute atomic E-state index is 11.4. The molecular formula is C12H14BrNO3. The summed E-state index contributed by atoms with van der Waals surface area (Å²) >= 11 is 3.37. The van der Waals surface area contributed by atoms with E-state index >= 15 is 0 Å². The lowest BCUT2D eigenvalue weighted by Gasteiger charge is -2.08. The number of benzene rings is 1. The Bertz CT molecular complexity index is 432. The summed E-state index contributed by atoms with van der Waals surface area (Å²) in [6.45, 7) is 2.05. The Hall–Kier alpha value is -1.36. The number of amides is 1. The number of aliphatic carboxylic acids is 1. The summed E-state index contributed by atoms with van der Waals surface area (Å²) in [6.07, 6.45) is 0.750. The number of carbonyl (C=O) groups excluding carboxylic acids is 1. The van der Waals surface area contributed by atoms with Crippen molar-refractivity contribution in [3.8, 4) is 0 Å². The molecule has 2 N–H and O–H groups in total. The molecule has 1 amide bonds. The molecule has 5 heteroatoms. The SMILES string of the molecule is CCc1ccc(NC(=O)CCC(=O)O)c(Br)c1. The van der Waals surface area contributed by atoms with Gasteiger partial charge in [0.1, 0.15) is 0 Å². The van der Waals surface area contributed by atoms with Gasteiger partial charge in [-0.3, -0.25) is 9.59 Å². The molecule has 17 heavy (non-hydrogen) atoms. The number of carboxylic acid groups (broad SMARTS) is 1. The summed E-state index contributed by atoms with van der Waals surface area (Å²) in [6, 6.07) is 5.67. The minimum Gasteiger partial charge on any atom is -0.481 e. The van der Waals surface area contributed by atoms with E-state index in [1.807, 2.05) is 25.1 Å². The molecule has 0 atom stereocenters. The zero-order valence-electron chi connectivity index (χ0n) is 9.50. The highest BCUT2D eigenvalue weighted by atomic mass is 79.9. The standard InChI is InChI=1S/C12H14BrNO3/c1-2-8-3-4-10(9(13)7-8)14-11(15)5-6-12(16)17/h3-4,7H,2,5-6H2,1H3,(H,14,15)(H,16,17). The second kappa shape index (κ2) is 6.39. The summed E-state index contributed by atoms with van der Waals surface area (Å²) in [5.74, 6) is -1.27. The van der Waals surface area contributed by atoms with Gasteiger partial charge in [-0.15, -0.1) is 0 Å². The van der Waals surface area contributed by atoms with Crippen molar-refractivity contribution in [1.82, 2.24) is 0 Å². The van der Waals surface area contributed by atoms with Crippen LogP contribution in [0.25, 0.3) is 0 Å². The Labute approximate surface area is 108 Å². The van der Waals surface area contributed by atoms with Crippen LogP contribution in [0.4, 0.5) is 5.69 Å². The molecule has 0 spiro atoms. The molecular weight excluding hydrogens is 286 g/mol. The molecule has 0 saturated heterocycles. The van der Waals surface area contributed by atoms with Crippen molar-refractivity contribution >= 4 is 33.5 Å². The summed E-state index contributed by atoms with van der Waals surface area (Å²) in [7, 11) is 0. The number of anilines is 1. The zero-order chi connectivity index (χ0) is 12.8. The molecule has 1 aromatic rings. The van der Waals surface area contributed by atoms with Crippen LogP contribution in [0, 0.1) is 0 Å². The van der Waals surface area contributed by atoms with Crippen molar-refractivity contribution < 1.29 is 14.7 Å². The average molecular weight is 300 g/mol. The first-order valence-corrected chi connectivity index (χ1v) is 6.12. The lowest BCUT2D eigenvalue weighted by molar-refractivity contribution is -0.138. The van der Waals surface area contributed by atoms with Crippen molar-refractivity contribution in [2.75, 3.05) is 5.32 Å². The Balaban J connectivity index is 2.62. The minimum atomic E-state index is -0.972. The molecule has 0 bridgehead atoms. The van der Waals surface area contributed by atoms with Crippen molar-refractivity contribution in [2.24, 2.45) is 0 Å². The van der Waals surface area contributed by atoms with Gasteiger partial charge in [-0.1, -0.05) is 13.0 Å². The number of rotatable bonds is 5. The highest BCUT2D eigenvalue weighted by Crippen LogP contribution is 2.24. The van der Waals surface area contributed by atoms with E-state index < -0.39 is 5.97 Å². The highest BCUT2D eigenvalue weighted by molar-refractivity contribution is 9.10. The van der Waals surface area contributed by atoms with E-state index in [9.17, 15) is 9.59 Å². The summed E-state index contributed by atoms with van der Waals surface area (Å²) in [5.41, 5.74) is 1.83. The minimum absolute atomic E-state index is 0.0166. The molecule has 1 aromatic carbocycles. The summed E-state index contributed by atoms with van der Waals surface area (Å²) in [4.78, 5) is 21.7. The molecule has 0 aliphatic carbocycles. The van der Waals surface area contributed by atoms with Crippen LogP contribution in [-0.2, 0) is 16.0 Å². The van der Waals surface area contributed by atoms with E-state index in [4.69, 9.17) is 5.11 Å². The van der Waals surface area contributed by atoms with E-state index in [0.717, 1.165) is 10.9 Å². The monoisotopic (exact) mass is 299 g/mol. The van der Waals surface area contributed by atoms with E-state index in [2.05, 4.69) is 21.2 Å². The van der Waals surface area contributed by atoms with Crippen LogP contribution in [-0.4, -0.2) is 17.0 Å². The third-order valence-electron chi connectivity index (χ3n) is 2.28. The zero-order valence-corrected chi connectivity index (χ0v) is 11.1. The van der Waals surface area contributed by atoms with Crippen LogP contribution in [0.15, 0.2) is 22.7 Å². The Morgan fingerprint density at radius 3 is 2.59 bits per heavy atom. The van der Waals surface area contributed by atoms with Gasteiger partial charge >= 0.3 is 5.97 Å². The Kier molecular flexibility index (Phi) is 5.15. The molecule has 0 unspecified atom stereocenters. The second-order valence-corrected chi connectivity index (χ2v) is 4.46. The van der Waals surface area contributed by atoms with E-state index in [1.165, 1.54) is 5.56 Å². The van der Waals surface area contributed by atoms with Crippen molar-refractivity contribution in [3.63, 3.8) is 0 Å². The number of aryl methyl sites for hydroxylation is 1. The first-order valence-electron chi connectivity index (χ1n) is 5.33. The fraction of sp³-hybridized carbons (Fsp3) is 0.333. The molecule has 0 radical (unpaired) electrons. The van der Waals surface area contributed by atoms with Crippen LogP contribution in [0.5, 0.6) is 0 Å². The lowest BCUT2D eigenvalue weighted by Crippen LogP contribution is -2.13. The number of carboxylic acids is 1. The van der Waals surface area contributed by atoms with Crippen molar-refractivity contribution in [2.45, 2.75) is 26.2 Å². The average Bonchev–Trinajstić information content (AvgIpc) is 2.29. The van der Waals surface area contributed by atoms with Gasteiger partial charge in [0, 0.05) is 10.9 Å². The lowest BCUT2D eigenvalue weighted by atomic mass is 10.1. The fourth-order valence-electron chi connectivity index (χ4n) is 1.31. The Morgan fingerprint density at radius 2 is 2.06 bits per heavy atom. The highest BCUT2D eigenvalue weighted by Gasteiger charge is 2.08. The third-order valence-corrected chi connectivity index (χ3v) is 2.94. The van der Waals surface area contributed by atoms with Crippen LogP contribution < -0.4 is 5.32 Å². The van der Waals surface area contributed by atoms with Gasteiger partial charge in [0.25, 0.3) is 0 Å². The van der Waals surface area contributed by atoms with Crippen LogP contribution in [0.1, 0.15) is 25.3 Å². The van der Waals surface area contributed by atoms with Gasteiger partial charge in [-0.2, -0.15) is 0 Å². The second-order valence-electron chi connectivity index (χ2n) is 3.61. The number of halogens is 1. The van der Waals surface area contributed by atoms with Crippen LogP contribution >= 0.6 is 15.9 Å². The van der Waals surface area contributed by atoms with E-state index in [-0.39, 0.29) is 18.7 Å². The number of carbonyl (C=O) groups is 2. The first kappa shape index (κ1) is 13.7. The van der Waals surface area contributed by atoms with Gasteiger partial charge in [0.05, 0.1) is 12.1 Å². The smallest absolute Gasteiger partial charge is 0.303 e. The largest absolute Gasteiger partial charge is 0.481 e. The fourth-order valence-corrected chi connectivity index (χ4v) is 1.84. The van der Waals surface area contributed by atoms with Gasteiger partial charge in [-0.25, -0.2) is 0 Å². The van der Waals surface area contributed by atoms with E-state index in [1.54, 1.807) is 0 Å². The topological polar surface area (TPSA) is 66.4 Å². The van der Waals surface area contributed by atoms with Gasteiger partial charge < -0.3 is 10.4 Å². The predicted octanol–water partition coefficient (Wildman–Crippen LogP) is 2.81. The molecule has 0 saturated carbocycles. The molecule has 0 fully saturated rings. The van der Waals surface area contributed by atoms with Crippen LogP contribution in [0.2, 0.25) is 0 Å². The number of nitrogens with one attached hydrogen (secondary N) is 1. The van der Waals surface area contributed by atoms with E-state index in [0.29, 0.717) is 5.69 Å². The summed E-state index contributed by atoms with van der Waals surface area (Å²) < 4.78 is 0.806. The molecule has 0 aliphatic rings.